The van der Waals surface area contributed by atoms with E-state index in [1.807, 2.05) is 17.8 Å². The lowest BCUT2D eigenvalue weighted by Crippen LogP contribution is -2.47. The Morgan fingerprint density at radius 1 is 1.19 bits per heavy atom. The van der Waals surface area contributed by atoms with Gasteiger partial charge in [-0.1, -0.05) is 35.9 Å². The van der Waals surface area contributed by atoms with Crippen LogP contribution in [-0.4, -0.2) is 10.6 Å². The van der Waals surface area contributed by atoms with Crippen molar-refractivity contribution < 1.29 is 0 Å². The lowest BCUT2D eigenvalue weighted by Gasteiger charge is -2.49. The maximum atomic E-state index is 6.30. The largest absolute Gasteiger partial charge is 0.122 e. The van der Waals surface area contributed by atoms with E-state index in [1.54, 1.807) is 0 Å². The van der Waals surface area contributed by atoms with E-state index >= 15 is 0 Å². The molecule has 0 unspecified atom stereocenters. The lowest BCUT2D eigenvalue weighted by molar-refractivity contribution is 0.241. The van der Waals surface area contributed by atoms with Crippen molar-refractivity contribution in [3.8, 4) is 0 Å². The average molecular weight is 271 g/mol. The maximum Gasteiger partial charge on any atom is 0.0728 e. The van der Waals surface area contributed by atoms with Crippen molar-refractivity contribution in [1.82, 2.24) is 0 Å². The van der Waals surface area contributed by atoms with Gasteiger partial charge >= 0.3 is 0 Å². The minimum Gasteiger partial charge on any atom is -0.122 e. The van der Waals surface area contributed by atoms with Crippen LogP contribution in [0.3, 0.4) is 0 Å². The van der Waals surface area contributed by atoms with Gasteiger partial charge in [-0.15, -0.1) is 23.4 Å². The third-order valence-electron chi connectivity index (χ3n) is 3.42. The number of hydrogen-bond donors (Lipinski definition) is 0. The van der Waals surface area contributed by atoms with Crippen LogP contribution < -0.4 is 0 Å². The summed E-state index contributed by atoms with van der Waals surface area (Å²) in [4.78, 5) is 1.33. The second-order valence-corrected chi connectivity index (χ2v) is 6.57. The highest BCUT2D eigenvalue weighted by Gasteiger charge is 2.48. The van der Waals surface area contributed by atoms with E-state index in [2.05, 4.69) is 30.3 Å². The Hall–Kier alpha value is -0.110. The van der Waals surface area contributed by atoms with Crippen LogP contribution in [0.1, 0.15) is 6.42 Å². The molecule has 4 rings (SSSR count). The van der Waals surface area contributed by atoms with Crippen molar-refractivity contribution in [2.75, 3.05) is 0 Å². The summed E-state index contributed by atoms with van der Waals surface area (Å²) in [5, 5.41) is 1.51. The molecular formula is C13H12Cl2S. The van der Waals surface area contributed by atoms with E-state index in [-0.39, 0.29) is 5.38 Å². The molecule has 0 spiro atoms. The molecular weight excluding hydrogens is 259 g/mol. The fourth-order valence-electron chi connectivity index (χ4n) is 2.49. The molecule has 84 valence electrons. The Bertz CT molecular complexity index is 415. The number of benzene rings is 1. The molecule has 0 aromatic heterocycles. The quantitative estimate of drug-likeness (QED) is 0.712. The zero-order valence-corrected chi connectivity index (χ0v) is 11.0. The number of fused-ring (bicyclic) bond motifs is 1. The molecule has 0 N–H and O–H groups in total. The number of alkyl halides is 1. The normalized spacial score (nSPS) is 36.5. The minimum atomic E-state index is 0.0351. The molecule has 0 aliphatic heterocycles. The molecule has 4 atom stereocenters. The molecule has 3 heteroatoms. The van der Waals surface area contributed by atoms with Gasteiger partial charge < -0.3 is 0 Å². The van der Waals surface area contributed by atoms with E-state index < -0.39 is 0 Å². The van der Waals surface area contributed by atoms with Crippen molar-refractivity contribution >= 4 is 35.0 Å². The molecule has 0 saturated heterocycles. The Morgan fingerprint density at radius 3 is 2.62 bits per heavy atom. The highest BCUT2D eigenvalue weighted by Crippen LogP contribution is 2.54. The smallest absolute Gasteiger partial charge is 0.0728 e. The number of halogens is 2. The number of rotatable bonds is 2. The van der Waals surface area contributed by atoms with Crippen LogP contribution in [0.5, 0.6) is 0 Å². The molecule has 1 aromatic rings. The van der Waals surface area contributed by atoms with Crippen molar-refractivity contribution in [2.45, 2.75) is 21.9 Å². The van der Waals surface area contributed by atoms with Crippen molar-refractivity contribution in [3.63, 3.8) is 0 Å². The summed E-state index contributed by atoms with van der Waals surface area (Å²) in [6, 6.07) is 10.5. The summed E-state index contributed by atoms with van der Waals surface area (Å²) in [7, 11) is 0. The Balaban J connectivity index is 1.76. The summed E-state index contributed by atoms with van der Waals surface area (Å²) in [5.74, 6) is 1.17. The van der Waals surface area contributed by atoms with Crippen LogP contribution in [-0.2, 0) is 0 Å². The fourth-order valence-corrected chi connectivity index (χ4v) is 4.66. The van der Waals surface area contributed by atoms with Gasteiger partial charge in [0.25, 0.3) is 0 Å². The zero-order chi connectivity index (χ0) is 11.1. The SMILES string of the molecule is ClC1=C[C@H]2C[C@H]([C@H]2Sc2ccccc2)[C@H]1Cl. The van der Waals surface area contributed by atoms with Gasteiger partial charge in [0.15, 0.2) is 0 Å². The number of thioether (sulfide) groups is 1. The first kappa shape index (κ1) is 11.0. The molecule has 1 aromatic carbocycles. The predicted octanol–water partition coefficient (Wildman–Crippen LogP) is 4.53. The van der Waals surface area contributed by atoms with Crippen LogP contribution in [0.15, 0.2) is 46.3 Å². The van der Waals surface area contributed by atoms with E-state index in [4.69, 9.17) is 23.2 Å². The van der Waals surface area contributed by atoms with Gasteiger partial charge in [0, 0.05) is 15.2 Å². The second-order valence-electron chi connectivity index (χ2n) is 4.41. The summed E-state index contributed by atoms with van der Waals surface area (Å²) in [6.07, 6.45) is 3.36. The third-order valence-corrected chi connectivity index (χ3v) is 5.96. The third kappa shape index (κ3) is 1.79. The molecule has 0 radical (unpaired) electrons. The average Bonchev–Trinajstić information content (AvgIpc) is 2.30. The molecule has 0 amide bonds. The van der Waals surface area contributed by atoms with Gasteiger partial charge in [0.1, 0.15) is 0 Å². The Labute approximate surface area is 110 Å². The van der Waals surface area contributed by atoms with Gasteiger partial charge in [-0.25, -0.2) is 0 Å². The van der Waals surface area contributed by atoms with Crippen LogP contribution in [0, 0.1) is 11.8 Å². The number of allylic oxidation sites excluding steroid dienone is 2. The molecule has 1 fully saturated rings. The molecule has 3 aliphatic rings. The molecule has 16 heavy (non-hydrogen) atoms. The molecule has 2 bridgehead atoms. The summed E-state index contributed by atoms with van der Waals surface area (Å²) in [5.41, 5.74) is 0. The van der Waals surface area contributed by atoms with Crippen molar-refractivity contribution in [2.24, 2.45) is 11.8 Å². The Kier molecular flexibility index (Phi) is 2.95. The highest BCUT2D eigenvalue weighted by atomic mass is 35.5. The van der Waals surface area contributed by atoms with E-state index in [9.17, 15) is 0 Å². The number of hydrogen-bond acceptors (Lipinski definition) is 1. The summed E-state index contributed by atoms with van der Waals surface area (Å²) >= 11 is 14.3. The standard InChI is InChI=1S/C13H12Cl2S/c14-11-7-8-6-10(12(11)15)13(8)16-9-4-2-1-3-5-9/h1-5,7-8,10,12-13H,6H2/t8-,10+,12-,13+/m1/s1. The lowest BCUT2D eigenvalue weighted by atomic mass is 9.68. The first-order chi connectivity index (χ1) is 7.75. The Morgan fingerprint density at radius 2 is 1.94 bits per heavy atom. The van der Waals surface area contributed by atoms with E-state index in [0.717, 1.165) is 5.03 Å². The van der Waals surface area contributed by atoms with E-state index in [1.165, 1.54) is 11.3 Å². The van der Waals surface area contributed by atoms with Gasteiger partial charge in [-0.05, 0) is 30.4 Å². The van der Waals surface area contributed by atoms with Crippen LogP contribution in [0.25, 0.3) is 0 Å². The van der Waals surface area contributed by atoms with Crippen LogP contribution in [0.4, 0.5) is 0 Å². The summed E-state index contributed by atoms with van der Waals surface area (Å²) < 4.78 is 0. The predicted molar refractivity (Wildman–Crippen MR) is 71.3 cm³/mol. The van der Waals surface area contributed by atoms with Crippen LogP contribution >= 0.6 is 35.0 Å². The first-order valence-corrected chi connectivity index (χ1v) is 7.18. The molecule has 0 heterocycles. The molecule has 1 saturated carbocycles. The van der Waals surface area contributed by atoms with Crippen LogP contribution in [0.2, 0.25) is 0 Å². The fraction of sp³-hybridized carbons (Fsp3) is 0.385. The van der Waals surface area contributed by atoms with Gasteiger partial charge in [-0.3, -0.25) is 0 Å². The van der Waals surface area contributed by atoms with Gasteiger partial charge in [-0.2, -0.15) is 0 Å². The first-order valence-electron chi connectivity index (χ1n) is 5.48. The highest BCUT2D eigenvalue weighted by molar-refractivity contribution is 8.00. The summed E-state index contributed by atoms with van der Waals surface area (Å²) in [6.45, 7) is 0. The maximum absolute atomic E-state index is 6.30. The molecule has 0 nitrogen and oxygen atoms in total. The van der Waals surface area contributed by atoms with Crippen molar-refractivity contribution in [3.05, 3.63) is 41.4 Å². The van der Waals surface area contributed by atoms with Gasteiger partial charge in [0.05, 0.1) is 5.38 Å². The molecule has 3 aliphatic carbocycles. The minimum absolute atomic E-state index is 0.0351. The topological polar surface area (TPSA) is 0 Å². The van der Waals surface area contributed by atoms with Gasteiger partial charge in [0.2, 0.25) is 0 Å². The van der Waals surface area contributed by atoms with E-state index in [0.29, 0.717) is 17.1 Å². The second kappa shape index (κ2) is 4.29. The van der Waals surface area contributed by atoms with Crippen molar-refractivity contribution in [1.29, 1.82) is 0 Å². The zero-order valence-electron chi connectivity index (χ0n) is 8.64. The monoisotopic (exact) mass is 270 g/mol.